The van der Waals surface area contributed by atoms with Gasteiger partial charge in [0.1, 0.15) is 12.1 Å². The largest absolute Gasteiger partial charge is 0.478 e. The van der Waals surface area contributed by atoms with Gasteiger partial charge < -0.3 is 9.64 Å². The Balaban J connectivity index is 2.19. The molecule has 5 nitrogen and oxygen atoms in total. The quantitative estimate of drug-likeness (QED) is 0.803. The van der Waals surface area contributed by atoms with Crippen LogP contribution in [0.5, 0.6) is 5.75 Å². The van der Waals surface area contributed by atoms with Crippen LogP contribution in [0, 0.1) is 13.8 Å². The van der Waals surface area contributed by atoms with Crippen molar-refractivity contribution in [2.24, 2.45) is 0 Å². The number of ether oxygens (including phenoxy) is 1. The SMILES string of the molecule is Cc1cc(OC(C)(C)C(=O)N(C)[C@@H](C)c2ccncn2)cc(C)c1Cl. The lowest BCUT2D eigenvalue weighted by Crippen LogP contribution is -2.48. The van der Waals surface area contributed by atoms with E-state index in [1.54, 1.807) is 38.1 Å². The van der Waals surface area contributed by atoms with E-state index in [0.717, 1.165) is 16.8 Å². The van der Waals surface area contributed by atoms with E-state index >= 15 is 0 Å². The molecule has 0 spiro atoms. The summed E-state index contributed by atoms with van der Waals surface area (Å²) in [4.78, 5) is 22.7. The van der Waals surface area contributed by atoms with E-state index in [1.807, 2.05) is 32.9 Å². The van der Waals surface area contributed by atoms with Crippen molar-refractivity contribution < 1.29 is 9.53 Å². The van der Waals surface area contributed by atoms with Crippen LogP contribution in [-0.2, 0) is 4.79 Å². The Labute approximate surface area is 154 Å². The number of nitrogens with zero attached hydrogens (tertiary/aromatic N) is 3. The number of amides is 1. The number of aromatic nitrogens is 2. The van der Waals surface area contributed by atoms with Gasteiger partial charge in [-0.3, -0.25) is 4.79 Å². The Morgan fingerprint density at radius 1 is 1.28 bits per heavy atom. The molecule has 25 heavy (non-hydrogen) atoms. The second-order valence-electron chi connectivity index (χ2n) is 6.71. The number of carbonyl (C=O) groups excluding carboxylic acids is 1. The Kier molecular flexibility index (Phi) is 5.68. The second-order valence-corrected chi connectivity index (χ2v) is 7.09. The van der Waals surface area contributed by atoms with E-state index in [-0.39, 0.29) is 11.9 Å². The first-order valence-electron chi connectivity index (χ1n) is 8.12. The first-order chi connectivity index (χ1) is 11.6. The third kappa shape index (κ3) is 4.28. The molecule has 2 aromatic rings. The highest BCUT2D eigenvalue weighted by Gasteiger charge is 2.35. The fourth-order valence-electron chi connectivity index (χ4n) is 2.65. The van der Waals surface area contributed by atoms with Crippen LogP contribution in [0.3, 0.4) is 0 Å². The molecule has 1 heterocycles. The summed E-state index contributed by atoms with van der Waals surface area (Å²) in [6, 6.07) is 5.30. The molecular formula is C19H24ClN3O2. The Morgan fingerprint density at radius 2 is 1.88 bits per heavy atom. The average Bonchev–Trinajstić information content (AvgIpc) is 2.58. The van der Waals surface area contributed by atoms with Crippen molar-refractivity contribution in [2.45, 2.75) is 46.3 Å². The summed E-state index contributed by atoms with van der Waals surface area (Å²) in [6.45, 7) is 9.28. The number of hydrogen-bond acceptors (Lipinski definition) is 4. The van der Waals surface area contributed by atoms with E-state index in [4.69, 9.17) is 16.3 Å². The van der Waals surface area contributed by atoms with Crippen molar-refractivity contribution in [1.29, 1.82) is 0 Å². The molecule has 0 aliphatic rings. The summed E-state index contributed by atoms with van der Waals surface area (Å²) in [5.41, 5.74) is 1.59. The van der Waals surface area contributed by atoms with Gasteiger partial charge in [-0.2, -0.15) is 0 Å². The van der Waals surface area contributed by atoms with E-state index in [0.29, 0.717) is 10.8 Å². The normalized spacial score (nSPS) is 12.6. The summed E-state index contributed by atoms with van der Waals surface area (Å²) in [6.07, 6.45) is 3.14. The third-order valence-electron chi connectivity index (χ3n) is 4.23. The molecule has 0 bridgehead atoms. The number of likely N-dealkylation sites (N-methyl/N-ethyl adjacent to an activating group) is 1. The maximum absolute atomic E-state index is 13.0. The molecule has 0 N–H and O–H groups in total. The van der Waals surface area contributed by atoms with Gasteiger partial charge in [0.2, 0.25) is 0 Å². The van der Waals surface area contributed by atoms with Crippen molar-refractivity contribution in [2.75, 3.05) is 7.05 Å². The summed E-state index contributed by atoms with van der Waals surface area (Å²) in [7, 11) is 1.75. The number of hydrogen-bond donors (Lipinski definition) is 0. The Morgan fingerprint density at radius 3 is 2.40 bits per heavy atom. The number of halogens is 1. The van der Waals surface area contributed by atoms with Gasteiger partial charge >= 0.3 is 0 Å². The van der Waals surface area contributed by atoms with Gasteiger partial charge in [0.15, 0.2) is 5.60 Å². The fourth-order valence-corrected chi connectivity index (χ4v) is 2.76. The Hall–Kier alpha value is -2.14. The van der Waals surface area contributed by atoms with Gasteiger partial charge in [-0.1, -0.05) is 11.6 Å². The molecule has 0 radical (unpaired) electrons. The zero-order chi connectivity index (χ0) is 18.8. The van der Waals surface area contributed by atoms with E-state index < -0.39 is 5.60 Å². The highest BCUT2D eigenvalue weighted by atomic mass is 35.5. The maximum Gasteiger partial charge on any atom is 0.266 e. The zero-order valence-electron chi connectivity index (χ0n) is 15.5. The van der Waals surface area contributed by atoms with Crippen molar-refractivity contribution >= 4 is 17.5 Å². The first kappa shape index (κ1) is 19.2. The van der Waals surface area contributed by atoms with Crippen LogP contribution in [-0.4, -0.2) is 33.4 Å². The molecule has 0 aliphatic heterocycles. The Bertz CT molecular complexity index is 740. The van der Waals surface area contributed by atoms with Gasteiger partial charge in [0, 0.05) is 18.3 Å². The maximum atomic E-state index is 13.0. The molecule has 134 valence electrons. The molecule has 0 saturated heterocycles. The number of aryl methyl sites for hydroxylation is 2. The number of carbonyl (C=O) groups is 1. The molecule has 1 aromatic heterocycles. The third-order valence-corrected chi connectivity index (χ3v) is 4.83. The molecule has 1 amide bonds. The minimum Gasteiger partial charge on any atom is -0.478 e. The molecule has 0 saturated carbocycles. The topological polar surface area (TPSA) is 55.3 Å². The average molecular weight is 362 g/mol. The van der Waals surface area contributed by atoms with Crippen molar-refractivity contribution in [3.63, 3.8) is 0 Å². The smallest absolute Gasteiger partial charge is 0.266 e. The predicted molar refractivity (Wildman–Crippen MR) is 98.9 cm³/mol. The molecule has 2 rings (SSSR count). The van der Waals surface area contributed by atoms with Crippen LogP contribution in [0.15, 0.2) is 30.7 Å². The number of benzene rings is 1. The lowest BCUT2D eigenvalue weighted by Gasteiger charge is -2.33. The van der Waals surface area contributed by atoms with Crippen LogP contribution < -0.4 is 4.74 Å². The molecular weight excluding hydrogens is 338 g/mol. The van der Waals surface area contributed by atoms with Gasteiger partial charge in [0.05, 0.1) is 11.7 Å². The second kappa shape index (κ2) is 7.40. The van der Waals surface area contributed by atoms with E-state index in [9.17, 15) is 4.79 Å². The van der Waals surface area contributed by atoms with Crippen LogP contribution >= 0.6 is 11.6 Å². The minimum absolute atomic E-state index is 0.135. The predicted octanol–water partition coefficient (Wildman–Crippen LogP) is 4.12. The lowest BCUT2D eigenvalue weighted by molar-refractivity contribution is -0.146. The van der Waals surface area contributed by atoms with Crippen LogP contribution in [0.2, 0.25) is 5.02 Å². The summed E-state index contributed by atoms with van der Waals surface area (Å²) in [5.74, 6) is 0.490. The number of rotatable bonds is 5. The molecule has 6 heteroatoms. The van der Waals surface area contributed by atoms with Gasteiger partial charge in [-0.15, -0.1) is 0 Å². The summed E-state index contributed by atoms with van der Waals surface area (Å²) in [5, 5.41) is 0.714. The first-order valence-corrected chi connectivity index (χ1v) is 8.50. The van der Waals surface area contributed by atoms with E-state index in [2.05, 4.69) is 9.97 Å². The van der Waals surface area contributed by atoms with Gasteiger partial charge in [-0.25, -0.2) is 9.97 Å². The molecule has 0 fully saturated rings. The monoisotopic (exact) mass is 361 g/mol. The van der Waals surface area contributed by atoms with Gasteiger partial charge in [0.25, 0.3) is 5.91 Å². The molecule has 0 unspecified atom stereocenters. The van der Waals surface area contributed by atoms with Crippen LogP contribution in [0.1, 0.15) is 43.6 Å². The highest BCUT2D eigenvalue weighted by molar-refractivity contribution is 6.32. The highest BCUT2D eigenvalue weighted by Crippen LogP contribution is 2.29. The fraction of sp³-hybridized carbons (Fsp3) is 0.421. The summed E-state index contributed by atoms with van der Waals surface area (Å²) >= 11 is 6.20. The van der Waals surface area contributed by atoms with Gasteiger partial charge in [-0.05, 0) is 63.9 Å². The lowest BCUT2D eigenvalue weighted by atomic mass is 10.1. The van der Waals surface area contributed by atoms with Crippen molar-refractivity contribution in [3.8, 4) is 5.75 Å². The zero-order valence-corrected chi connectivity index (χ0v) is 16.3. The minimum atomic E-state index is -1.03. The summed E-state index contributed by atoms with van der Waals surface area (Å²) < 4.78 is 6.00. The van der Waals surface area contributed by atoms with E-state index in [1.165, 1.54) is 6.33 Å². The van der Waals surface area contributed by atoms with Crippen LogP contribution in [0.25, 0.3) is 0 Å². The van der Waals surface area contributed by atoms with Crippen molar-refractivity contribution in [1.82, 2.24) is 14.9 Å². The van der Waals surface area contributed by atoms with Crippen molar-refractivity contribution in [3.05, 3.63) is 52.6 Å². The molecule has 0 aliphatic carbocycles. The molecule has 1 aromatic carbocycles. The standard InChI is InChI=1S/C19H24ClN3O2/c1-12-9-15(10-13(2)17(12)20)25-19(4,5)18(24)23(6)14(3)16-7-8-21-11-22-16/h7-11,14H,1-6H3/t14-/m0/s1. The van der Waals surface area contributed by atoms with Crippen LogP contribution in [0.4, 0.5) is 0 Å². The molecule has 1 atom stereocenters.